The van der Waals surface area contributed by atoms with Crippen LogP contribution in [0.5, 0.6) is 0 Å². The molecule has 1 atom stereocenters. The van der Waals surface area contributed by atoms with E-state index in [1.165, 1.54) is 11.3 Å². The molecule has 1 saturated carbocycles. The molecule has 0 aliphatic heterocycles. The highest BCUT2D eigenvalue weighted by atomic mass is 16.6. The molecule has 1 heterocycles. The quantitative estimate of drug-likeness (QED) is 0.838. The van der Waals surface area contributed by atoms with Crippen molar-refractivity contribution in [3.8, 4) is 0 Å². The number of carbonyl (C=O) groups is 2. The van der Waals surface area contributed by atoms with Crippen molar-refractivity contribution in [2.45, 2.75) is 96.9 Å². The first-order valence-electron chi connectivity index (χ1n) is 10.5. The predicted octanol–water partition coefficient (Wildman–Crippen LogP) is 3.09. The minimum atomic E-state index is -0.632. The molecule has 7 heteroatoms. The molecular weight excluding hydrogens is 356 g/mol. The van der Waals surface area contributed by atoms with Crippen molar-refractivity contribution in [1.82, 2.24) is 20.0 Å². The molecule has 0 saturated heterocycles. The van der Waals surface area contributed by atoms with Crippen molar-refractivity contribution in [3.63, 3.8) is 0 Å². The van der Waals surface area contributed by atoms with Gasteiger partial charge in [0.05, 0.1) is 12.2 Å². The highest BCUT2D eigenvalue weighted by Crippen LogP contribution is 2.29. The highest BCUT2D eigenvalue weighted by molar-refractivity contribution is 5.85. The molecule has 3 rings (SSSR count). The van der Waals surface area contributed by atoms with Gasteiger partial charge < -0.3 is 15.0 Å². The summed E-state index contributed by atoms with van der Waals surface area (Å²) in [5.74, 6) is -0.0600. The van der Waals surface area contributed by atoms with Crippen LogP contribution >= 0.6 is 0 Å². The fourth-order valence-corrected chi connectivity index (χ4v) is 4.38. The first-order valence-corrected chi connectivity index (χ1v) is 10.5. The Morgan fingerprint density at radius 2 is 1.93 bits per heavy atom. The maximum absolute atomic E-state index is 13.3. The second kappa shape index (κ2) is 8.13. The number of nitrogens with one attached hydrogen (secondary N) is 1. The van der Waals surface area contributed by atoms with E-state index in [0.29, 0.717) is 6.54 Å². The Hall–Kier alpha value is -2.05. The molecule has 2 aliphatic rings. The number of hydrogen-bond donors (Lipinski definition) is 1. The first-order chi connectivity index (χ1) is 13.2. The number of hydrogen-bond acceptors (Lipinski definition) is 4. The summed E-state index contributed by atoms with van der Waals surface area (Å²) in [6, 6.07) is -0.415. The zero-order valence-electron chi connectivity index (χ0n) is 17.9. The van der Waals surface area contributed by atoms with Crippen LogP contribution in [0.15, 0.2) is 0 Å². The minimum absolute atomic E-state index is 0.0600. The van der Waals surface area contributed by atoms with E-state index in [1.807, 2.05) is 37.4 Å². The van der Waals surface area contributed by atoms with Crippen LogP contribution in [0.3, 0.4) is 0 Å². The van der Waals surface area contributed by atoms with Gasteiger partial charge in [0.1, 0.15) is 11.6 Å². The normalized spacial score (nSPS) is 18.0. The second-order valence-corrected chi connectivity index (χ2v) is 9.12. The SMILES string of the molecule is CC(NC(=O)OC(C)(C)C)C(=O)N(Cc1nn(C)c2c1CCC2)C1CCCC1. The predicted molar refractivity (Wildman–Crippen MR) is 107 cm³/mol. The Morgan fingerprint density at radius 1 is 1.25 bits per heavy atom. The van der Waals surface area contributed by atoms with Crippen LogP contribution < -0.4 is 5.32 Å². The van der Waals surface area contributed by atoms with Crippen LogP contribution in [0.25, 0.3) is 0 Å². The Kier molecular flexibility index (Phi) is 6.01. The van der Waals surface area contributed by atoms with Gasteiger partial charge in [-0.25, -0.2) is 4.79 Å². The summed E-state index contributed by atoms with van der Waals surface area (Å²) in [7, 11) is 1.99. The van der Waals surface area contributed by atoms with Crippen molar-refractivity contribution in [2.75, 3.05) is 0 Å². The fourth-order valence-electron chi connectivity index (χ4n) is 4.38. The third-order valence-electron chi connectivity index (χ3n) is 5.67. The first kappa shape index (κ1) is 20.7. The topological polar surface area (TPSA) is 76.5 Å². The van der Waals surface area contributed by atoms with Crippen molar-refractivity contribution in [1.29, 1.82) is 0 Å². The van der Waals surface area contributed by atoms with E-state index in [-0.39, 0.29) is 11.9 Å². The Labute approximate surface area is 167 Å². The van der Waals surface area contributed by atoms with Gasteiger partial charge in [0, 0.05) is 18.8 Å². The smallest absolute Gasteiger partial charge is 0.408 e. The van der Waals surface area contributed by atoms with Crippen LogP contribution in [0, 0.1) is 0 Å². The number of amides is 2. The molecule has 0 spiro atoms. The summed E-state index contributed by atoms with van der Waals surface area (Å²) in [5.41, 5.74) is 3.03. The van der Waals surface area contributed by atoms with E-state index >= 15 is 0 Å². The van der Waals surface area contributed by atoms with E-state index in [0.717, 1.165) is 50.6 Å². The van der Waals surface area contributed by atoms with E-state index < -0.39 is 17.7 Å². The molecule has 7 nitrogen and oxygen atoms in total. The zero-order valence-corrected chi connectivity index (χ0v) is 17.9. The standard InChI is InChI=1S/C21H34N4O3/c1-14(22-20(27)28-21(2,3)4)19(26)25(15-9-6-7-10-15)13-17-16-11-8-12-18(16)24(5)23-17/h14-15H,6-13H2,1-5H3,(H,22,27). The summed E-state index contributed by atoms with van der Waals surface area (Å²) in [4.78, 5) is 27.3. The molecule has 2 aliphatic carbocycles. The Bertz CT molecular complexity index is 729. The number of carbonyl (C=O) groups excluding carboxylic acids is 2. The maximum Gasteiger partial charge on any atom is 0.408 e. The van der Waals surface area contributed by atoms with Gasteiger partial charge in [0.25, 0.3) is 0 Å². The van der Waals surface area contributed by atoms with Gasteiger partial charge in [-0.3, -0.25) is 9.48 Å². The molecule has 1 unspecified atom stereocenters. The van der Waals surface area contributed by atoms with Crippen LogP contribution in [0.4, 0.5) is 4.79 Å². The van der Waals surface area contributed by atoms with Crippen LogP contribution in [0.1, 0.15) is 76.8 Å². The van der Waals surface area contributed by atoms with Gasteiger partial charge >= 0.3 is 6.09 Å². The van der Waals surface area contributed by atoms with Gasteiger partial charge in [-0.15, -0.1) is 0 Å². The van der Waals surface area contributed by atoms with Gasteiger partial charge in [0.15, 0.2) is 0 Å². The molecule has 28 heavy (non-hydrogen) atoms. The van der Waals surface area contributed by atoms with Gasteiger partial charge in [-0.2, -0.15) is 5.10 Å². The molecule has 0 aromatic carbocycles. The highest BCUT2D eigenvalue weighted by Gasteiger charge is 2.33. The fraction of sp³-hybridized carbons (Fsp3) is 0.762. The number of ether oxygens (including phenoxy) is 1. The molecule has 0 radical (unpaired) electrons. The van der Waals surface area contributed by atoms with Gasteiger partial charge in [-0.05, 0) is 65.4 Å². The third kappa shape index (κ3) is 4.67. The molecule has 1 fully saturated rings. The number of rotatable bonds is 5. The van der Waals surface area contributed by atoms with E-state index in [1.54, 1.807) is 6.92 Å². The maximum atomic E-state index is 13.3. The van der Waals surface area contributed by atoms with Crippen molar-refractivity contribution in [2.24, 2.45) is 7.05 Å². The molecule has 2 amide bonds. The number of nitrogens with zero attached hydrogens (tertiary/aromatic N) is 3. The van der Waals surface area contributed by atoms with Crippen LogP contribution in [0.2, 0.25) is 0 Å². The van der Waals surface area contributed by atoms with Crippen LogP contribution in [-0.2, 0) is 36.0 Å². The summed E-state index contributed by atoms with van der Waals surface area (Å²) < 4.78 is 7.28. The van der Waals surface area contributed by atoms with E-state index in [9.17, 15) is 9.59 Å². The van der Waals surface area contributed by atoms with Crippen LogP contribution in [-0.4, -0.2) is 44.4 Å². The summed E-state index contributed by atoms with van der Waals surface area (Å²) >= 11 is 0. The molecule has 0 bridgehead atoms. The lowest BCUT2D eigenvalue weighted by molar-refractivity contribution is -0.136. The van der Waals surface area contributed by atoms with Gasteiger partial charge in [0.2, 0.25) is 5.91 Å². The summed E-state index contributed by atoms with van der Waals surface area (Å²) in [5, 5.41) is 7.41. The second-order valence-electron chi connectivity index (χ2n) is 9.12. The summed E-state index contributed by atoms with van der Waals surface area (Å²) in [6.07, 6.45) is 7.01. The van der Waals surface area contributed by atoms with Gasteiger partial charge in [-0.1, -0.05) is 12.8 Å². The van der Waals surface area contributed by atoms with Crippen molar-refractivity contribution in [3.05, 3.63) is 17.0 Å². The molecule has 1 N–H and O–H groups in total. The Balaban J connectivity index is 1.73. The number of fused-ring (bicyclic) bond motifs is 1. The lowest BCUT2D eigenvalue weighted by Crippen LogP contribution is -2.50. The van der Waals surface area contributed by atoms with E-state index in [4.69, 9.17) is 9.84 Å². The number of alkyl carbamates (subject to hydrolysis) is 1. The zero-order chi connectivity index (χ0) is 20.5. The lowest BCUT2D eigenvalue weighted by Gasteiger charge is -2.31. The summed E-state index contributed by atoms with van der Waals surface area (Å²) in [6.45, 7) is 7.69. The third-order valence-corrected chi connectivity index (χ3v) is 5.67. The largest absolute Gasteiger partial charge is 0.444 e. The lowest BCUT2D eigenvalue weighted by atomic mass is 10.1. The molecule has 1 aromatic heterocycles. The minimum Gasteiger partial charge on any atom is -0.444 e. The number of aromatic nitrogens is 2. The molecule has 1 aromatic rings. The Morgan fingerprint density at radius 3 is 2.57 bits per heavy atom. The van der Waals surface area contributed by atoms with Crippen molar-refractivity contribution >= 4 is 12.0 Å². The molecular formula is C21H34N4O3. The van der Waals surface area contributed by atoms with E-state index in [2.05, 4.69) is 5.32 Å². The average Bonchev–Trinajstić information content (AvgIpc) is 3.30. The van der Waals surface area contributed by atoms with Crippen molar-refractivity contribution < 1.29 is 14.3 Å². The average molecular weight is 391 g/mol. The monoisotopic (exact) mass is 390 g/mol. The molecule has 156 valence electrons. The number of aryl methyl sites for hydroxylation is 1.